The zero-order valence-electron chi connectivity index (χ0n) is 58.5. The van der Waals surface area contributed by atoms with Crippen LogP contribution >= 0.6 is 0 Å². The summed E-state index contributed by atoms with van der Waals surface area (Å²) < 4.78 is 0. The highest BCUT2D eigenvalue weighted by molar-refractivity contribution is 4.87. The van der Waals surface area contributed by atoms with E-state index in [9.17, 15) is 0 Å². The molecule has 0 bridgehead atoms. The maximum Gasteiger partial charge on any atom is 0.0198 e. The van der Waals surface area contributed by atoms with Crippen molar-refractivity contribution in [3.05, 3.63) is 0 Å². The van der Waals surface area contributed by atoms with Crippen LogP contribution in [-0.2, 0) is 0 Å². The Morgan fingerprint density at radius 3 is 0.333 bits per heavy atom. The van der Waals surface area contributed by atoms with Gasteiger partial charge >= 0.3 is 0 Å². The summed E-state index contributed by atoms with van der Waals surface area (Å²) in [5.41, 5.74) is 0. The molecule has 0 aliphatic carbocycles. The molecule has 0 amide bonds. The van der Waals surface area contributed by atoms with Crippen LogP contribution in [0, 0.1) is 0 Å². The van der Waals surface area contributed by atoms with Crippen molar-refractivity contribution in [1.29, 1.82) is 0 Å². The van der Waals surface area contributed by atoms with Gasteiger partial charge in [-0.2, -0.15) is 0 Å². The second kappa shape index (κ2) is 37.8. The van der Waals surface area contributed by atoms with Gasteiger partial charge in [-0.1, -0.05) is 0 Å². The monoisotopic (exact) mass is 1110 g/mol. The quantitative estimate of drug-likeness (QED) is 0.187. The van der Waals surface area contributed by atoms with Gasteiger partial charge in [0.25, 0.3) is 0 Å². The average Bonchev–Trinajstić information content (AvgIpc) is 3.34. The minimum absolute atomic E-state index is 0.698. The molecule has 6 heterocycles. The first-order valence-corrected chi connectivity index (χ1v) is 33.1. The van der Waals surface area contributed by atoms with Crippen molar-refractivity contribution in [1.82, 2.24) is 58.8 Å². The maximum absolute atomic E-state index is 2.60. The molecule has 468 valence electrons. The molecule has 0 spiro atoms. The van der Waals surface area contributed by atoms with Crippen molar-refractivity contribution in [2.75, 3.05) is 118 Å². The second-order valence-corrected chi connectivity index (χ2v) is 28.6. The molecule has 0 saturated carbocycles. The molecule has 6 fully saturated rings. The van der Waals surface area contributed by atoms with E-state index >= 15 is 0 Å². The molecular weight excluding hydrogens is 961 g/mol. The van der Waals surface area contributed by atoms with E-state index in [-0.39, 0.29) is 0 Å². The lowest BCUT2D eigenvalue weighted by atomic mass is 10.1. The molecule has 78 heavy (non-hydrogen) atoms. The van der Waals surface area contributed by atoms with E-state index in [4.69, 9.17) is 0 Å². The van der Waals surface area contributed by atoms with Gasteiger partial charge in [0.15, 0.2) is 0 Å². The summed E-state index contributed by atoms with van der Waals surface area (Å²) in [5, 5.41) is 0. The summed E-state index contributed by atoms with van der Waals surface area (Å²) in [5.74, 6) is 0. The van der Waals surface area contributed by atoms with Crippen LogP contribution in [0.15, 0.2) is 0 Å². The second-order valence-electron chi connectivity index (χ2n) is 28.6. The molecule has 6 aliphatic heterocycles. The van der Waals surface area contributed by atoms with E-state index in [0.29, 0.717) is 72.5 Å². The summed E-state index contributed by atoms with van der Waals surface area (Å²) in [6.07, 6.45) is 0. The molecule has 12 heteroatoms. The number of hydrogen-bond acceptors (Lipinski definition) is 12. The fourth-order valence-corrected chi connectivity index (χ4v) is 13.4. The van der Waals surface area contributed by atoms with Crippen molar-refractivity contribution in [2.45, 2.75) is 316 Å². The molecule has 12 nitrogen and oxygen atoms in total. The number of piperazine rings is 6. The van der Waals surface area contributed by atoms with Crippen molar-refractivity contribution < 1.29 is 0 Å². The first-order chi connectivity index (χ1) is 36.1. The smallest absolute Gasteiger partial charge is 0.0198 e. The van der Waals surface area contributed by atoms with Gasteiger partial charge < -0.3 is 0 Å². The maximum atomic E-state index is 2.60. The summed E-state index contributed by atoms with van der Waals surface area (Å²) in [4.78, 5) is 31.0. The Balaban J connectivity index is 0.000000468. The van der Waals surface area contributed by atoms with Crippen LogP contribution in [0.3, 0.4) is 0 Å². The van der Waals surface area contributed by atoms with Gasteiger partial charge in [-0.15, -0.1) is 0 Å². The molecule has 6 atom stereocenters. The standard InChI is InChI=1S/6C11H24N2/c6*1-9(2)12-6-7-13(10(3)4)11(5)8-12/h6*9-11H,6-8H2,1-5H3/t4*11-;;/m1100../s1. The van der Waals surface area contributed by atoms with Crippen LogP contribution < -0.4 is 0 Å². The van der Waals surface area contributed by atoms with E-state index in [1.165, 1.54) is 118 Å². The molecular formula is C66H144N12. The molecule has 6 rings (SSSR count). The van der Waals surface area contributed by atoms with Crippen LogP contribution in [0.2, 0.25) is 0 Å². The molecule has 6 aliphatic rings. The summed E-state index contributed by atoms with van der Waals surface area (Å²) >= 11 is 0. The van der Waals surface area contributed by atoms with Crippen molar-refractivity contribution >= 4 is 0 Å². The number of nitrogens with zero attached hydrogens (tertiary/aromatic N) is 12. The molecule has 6 saturated heterocycles. The lowest BCUT2D eigenvalue weighted by Crippen LogP contribution is -2.55. The zero-order chi connectivity index (χ0) is 60.0. The Morgan fingerprint density at radius 1 is 0.167 bits per heavy atom. The largest absolute Gasteiger partial charge is 0.298 e. The van der Waals surface area contributed by atoms with Crippen LogP contribution in [0.4, 0.5) is 0 Å². The lowest BCUT2D eigenvalue weighted by Gasteiger charge is -2.43. The molecule has 0 aromatic rings. The Bertz CT molecular complexity index is 1200. The van der Waals surface area contributed by atoms with Crippen LogP contribution in [0.1, 0.15) is 208 Å². The molecule has 0 aromatic carbocycles. The molecule has 0 radical (unpaired) electrons. The Kier molecular flexibility index (Phi) is 36.6. The van der Waals surface area contributed by atoms with E-state index in [2.05, 4.69) is 267 Å². The number of hydrogen-bond donors (Lipinski definition) is 0. The minimum atomic E-state index is 0.698. The summed E-state index contributed by atoms with van der Waals surface area (Å²) in [7, 11) is 0. The van der Waals surface area contributed by atoms with Gasteiger partial charge in [0.05, 0.1) is 0 Å². The Labute approximate surface area is 491 Å². The summed E-state index contributed by atoms with van der Waals surface area (Å²) in [6.45, 7) is 91.3. The molecule has 2 unspecified atom stereocenters. The van der Waals surface area contributed by atoms with Gasteiger partial charge in [0.1, 0.15) is 0 Å². The summed E-state index contributed by atoms with van der Waals surface area (Å²) in [6, 6.07) is 12.7. The predicted octanol–water partition coefficient (Wildman–Crippen LogP) is 10.9. The number of rotatable bonds is 12. The van der Waals surface area contributed by atoms with Gasteiger partial charge in [0, 0.05) is 227 Å². The normalized spacial score (nSPS) is 27.5. The highest BCUT2D eigenvalue weighted by Crippen LogP contribution is 2.20. The predicted molar refractivity (Wildman–Crippen MR) is 348 cm³/mol. The van der Waals surface area contributed by atoms with Crippen LogP contribution in [0.5, 0.6) is 0 Å². The fraction of sp³-hybridized carbons (Fsp3) is 1.00. The van der Waals surface area contributed by atoms with Crippen LogP contribution in [0.25, 0.3) is 0 Å². The first-order valence-electron chi connectivity index (χ1n) is 33.1. The van der Waals surface area contributed by atoms with Crippen molar-refractivity contribution in [2.24, 2.45) is 0 Å². The van der Waals surface area contributed by atoms with E-state index in [0.717, 1.165) is 36.3 Å². The van der Waals surface area contributed by atoms with Gasteiger partial charge in [0.2, 0.25) is 0 Å². The highest BCUT2D eigenvalue weighted by Gasteiger charge is 2.31. The molecule has 0 aromatic heterocycles. The Hall–Kier alpha value is -0.480. The van der Waals surface area contributed by atoms with E-state index in [1.54, 1.807) is 0 Å². The fourth-order valence-electron chi connectivity index (χ4n) is 13.4. The van der Waals surface area contributed by atoms with Crippen molar-refractivity contribution in [3.8, 4) is 0 Å². The average molecular weight is 1110 g/mol. The van der Waals surface area contributed by atoms with E-state index < -0.39 is 0 Å². The SMILES string of the molecule is CC(C)N1CCN(C(C)C)C(C)C1.CC(C)N1CCN(C(C)C)C(C)C1.CC(C)N1CCN(C(C)C)[C@@H](C)C1.CC(C)N1CCN(C(C)C)[C@@H](C)C1.CC(C)N1CCN(C(C)C)[C@H](C)C1.CC(C)N1CCN(C(C)C)[C@H](C)C1. The van der Waals surface area contributed by atoms with Gasteiger partial charge in [-0.05, 0) is 208 Å². The zero-order valence-corrected chi connectivity index (χ0v) is 58.5. The van der Waals surface area contributed by atoms with Crippen molar-refractivity contribution in [3.63, 3.8) is 0 Å². The third-order valence-corrected chi connectivity index (χ3v) is 18.6. The third-order valence-electron chi connectivity index (χ3n) is 18.6. The Morgan fingerprint density at radius 2 is 0.269 bits per heavy atom. The molecule has 0 N–H and O–H groups in total. The van der Waals surface area contributed by atoms with Crippen LogP contribution in [-0.4, -0.2) is 285 Å². The van der Waals surface area contributed by atoms with Gasteiger partial charge in [-0.25, -0.2) is 0 Å². The minimum Gasteiger partial charge on any atom is -0.298 e. The van der Waals surface area contributed by atoms with Gasteiger partial charge in [-0.3, -0.25) is 58.8 Å². The third kappa shape index (κ3) is 26.6. The van der Waals surface area contributed by atoms with E-state index in [1.807, 2.05) is 0 Å². The highest BCUT2D eigenvalue weighted by atomic mass is 15.3. The topological polar surface area (TPSA) is 38.9 Å². The lowest BCUT2D eigenvalue weighted by molar-refractivity contribution is 0.0447. The first kappa shape index (κ1) is 75.5.